The van der Waals surface area contributed by atoms with Crippen LogP contribution in [-0.4, -0.2) is 10.2 Å². The van der Waals surface area contributed by atoms with Crippen molar-refractivity contribution >= 4 is 45.5 Å². The van der Waals surface area contributed by atoms with Crippen molar-refractivity contribution in [1.29, 1.82) is 0 Å². The molecule has 1 aromatic heterocycles. The molecule has 8 heteroatoms. The summed E-state index contributed by atoms with van der Waals surface area (Å²) in [6.07, 6.45) is 0. The van der Waals surface area contributed by atoms with Gasteiger partial charge in [0.2, 0.25) is 5.13 Å². The third-order valence-electron chi connectivity index (χ3n) is 2.89. The Kier molecular flexibility index (Phi) is 5.09. The molecule has 3 aromatic rings. The molecule has 1 heterocycles. The first-order valence-electron chi connectivity index (χ1n) is 6.53. The van der Waals surface area contributed by atoms with Gasteiger partial charge in [0.25, 0.3) is 0 Å². The highest BCUT2D eigenvalue weighted by molar-refractivity contribution is 8.00. The van der Waals surface area contributed by atoms with Gasteiger partial charge in [0.05, 0.1) is 5.69 Å². The first-order valence-corrected chi connectivity index (χ1v) is 8.71. The molecule has 0 aliphatic heterocycles. The predicted octanol–water partition coefficient (Wildman–Crippen LogP) is 5.51. The van der Waals surface area contributed by atoms with Gasteiger partial charge in [-0.15, -0.1) is 10.2 Å². The number of para-hydroxylation sites is 1. The molecule has 0 atom stereocenters. The number of thioether (sulfide) groups is 1. The molecule has 0 saturated carbocycles. The maximum atomic E-state index is 13.6. The summed E-state index contributed by atoms with van der Waals surface area (Å²) in [6.45, 7) is 0. The number of aromatic nitrogens is 2. The first-order chi connectivity index (χ1) is 11.1. The van der Waals surface area contributed by atoms with Gasteiger partial charge in [-0.2, -0.15) is 0 Å². The molecule has 0 unspecified atom stereocenters. The zero-order valence-corrected chi connectivity index (χ0v) is 14.0. The molecule has 2 aromatic carbocycles. The average Bonchev–Trinajstić information content (AvgIpc) is 2.96. The molecule has 0 amide bonds. The van der Waals surface area contributed by atoms with E-state index < -0.39 is 0 Å². The van der Waals surface area contributed by atoms with Gasteiger partial charge < -0.3 is 5.32 Å². The van der Waals surface area contributed by atoms with Crippen LogP contribution in [-0.2, 0) is 5.75 Å². The highest BCUT2D eigenvalue weighted by Gasteiger charge is 2.09. The van der Waals surface area contributed by atoms with Crippen molar-refractivity contribution in [3.63, 3.8) is 0 Å². The Hall–Kier alpha value is -1.70. The Labute approximate surface area is 144 Å². The second-order valence-electron chi connectivity index (χ2n) is 4.50. The van der Waals surface area contributed by atoms with E-state index in [0.717, 1.165) is 5.56 Å². The fraction of sp³-hybridized carbons (Fsp3) is 0.0667. The minimum Gasteiger partial charge on any atom is -0.328 e. The highest BCUT2D eigenvalue weighted by Crippen LogP contribution is 2.32. The minimum atomic E-state index is -0.365. The Morgan fingerprint density at radius 3 is 2.74 bits per heavy atom. The fourth-order valence-corrected chi connectivity index (χ4v) is 3.86. The summed E-state index contributed by atoms with van der Waals surface area (Å²) < 4.78 is 27.3. The van der Waals surface area contributed by atoms with Crippen LogP contribution in [0.5, 0.6) is 0 Å². The second kappa shape index (κ2) is 7.25. The number of hydrogen-bond donors (Lipinski definition) is 1. The summed E-state index contributed by atoms with van der Waals surface area (Å²) in [5, 5.41) is 11.8. The molecule has 0 spiro atoms. The van der Waals surface area contributed by atoms with Crippen LogP contribution in [0.3, 0.4) is 0 Å². The molecule has 3 nitrogen and oxygen atoms in total. The molecule has 0 saturated heterocycles. The zero-order chi connectivity index (χ0) is 16.2. The zero-order valence-electron chi connectivity index (χ0n) is 11.6. The van der Waals surface area contributed by atoms with E-state index in [2.05, 4.69) is 15.5 Å². The molecule has 0 radical (unpaired) electrons. The average molecular weight is 370 g/mol. The van der Waals surface area contributed by atoms with Crippen molar-refractivity contribution in [1.82, 2.24) is 10.2 Å². The van der Waals surface area contributed by atoms with Gasteiger partial charge in [-0.1, -0.05) is 52.9 Å². The van der Waals surface area contributed by atoms with E-state index in [1.54, 1.807) is 24.3 Å². The summed E-state index contributed by atoms with van der Waals surface area (Å²) in [5.41, 5.74) is 1.17. The van der Waals surface area contributed by atoms with Crippen LogP contribution in [0.1, 0.15) is 5.56 Å². The third-order valence-corrected chi connectivity index (χ3v) is 5.26. The van der Waals surface area contributed by atoms with Gasteiger partial charge in [-0.3, -0.25) is 0 Å². The number of nitrogens with zero attached hydrogens (tertiary/aromatic N) is 2. The van der Waals surface area contributed by atoms with Crippen LogP contribution in [0.2, 0.25) is 5.02 Å². The summed E-state index contributed by atoms with van der Waals surface area (Å²) >= 11 is 8.73. The lowest BCUT2D eigenvalue weighted by Gasteiger charge is -2.02. The lowest BCUT2D eigenvalue weighted by Crippen LogP contribution is -1.92. The Bertz CT molecular complexity index is 826. The SMILES string of the molecule is Fc1ccc(CSc2nnc(Nc3ccccc3F)s2)c(Cl)c1. The van der Waals surface area contributed by atoms with Crippen LogP contribution >= 0.6 is 34.7 Å². The van der Waals surface area contributed by atoms with Gasteiger partial charge in [-0.25, -0.2) is 8.78 Å². The molecule has 118 valence electrons. The molecule has 1 N–H and O–H groups in total. The van der Waals surface area contributed by atoms with Crippen LogP contribution in [0.15, 0.2) is 46.8 Å². The summed E-state index contributed by atoms with van der Waals surface area (Å²) in [7, 11) is 0. The van der Waals surface area contributed by atoms with E-state index >= 15 is 0 Å². The molecule has 0 fully saturated rings. The van der Waals surface area contributed by atoms with Crippen molar-refractivity contribution in [2.24, 2.45) is 0 Å². The molecular formula is C15H10ClF2N3S2. The first kappa shape index (κ1) is 16.2. The maximum Gasteiger partial charge on any atom is 0.210 e. The summed E-state index contributed by atoms with van der Waals surface area (Å²) in [4.78, 5) is 0. The van der Waals surface area contributed by atoms with Crippen LogP contribution in [0.25, 0.3) is 0 Å². The number of halogens is 3. The van der Waals surface area contributed by atoms with E-state index in [-0.39, 0.29) is 11.6 Å². The Morgan fingerprint density at radius 2 is 1.96 bits per heavy atom. The second-order valence-corrected chi connectivity index (χ2v) is 7.11. The van der Waals surface area contributed by atoms with Crippen LogP contribution in [0, 0.1) is 11.6 Å². The van der Waals surface area contributed by atoms with Gasteiger partial charge in [0.1, 0.15) is 11.6 Å². The quantitative estimate of drug-likeness (QED) is 0.602. The van der Waals surface area contributed by atoms with E-state index in [1.165, 1.54) is 41.3 Å². The molecule has 0 aliphatic rings. The molecule has 0 aliphatic carbocycles. The standard InChI is InChI=1S/C15H10ClF2N3S2/c16-11-7-10(17)6-5-9(11)8-22-15-21-20-14(23-15)19-13-4-2-1-3-12(13)18/h1-7H,8H2,(H,19,20). The Morgan fingerprint density at radius 1 is 1.13 bits per heavy atom. The summed E-state index contributed by atoms with van der Waals surface area (Å²) in [6, 6.07) is 10.6. The fourth-order valence-electron chi connectivity index (χ4n) is 1.77. The van der Waals surface area contributed by atoms with Crippen molar-refractivity contribution in [3.05, 3.63) is 64.7 Å². The lowest BCUT2D eigenvalue weighted by molar-refractivity contribution is 0.627. The number of nitrogens with one attached hydrogen (secondary N) is 1. The van der Waals surface area contributed by atoms with Gasteiger partial charge in [0, 0.05) is 10.8 Å². The largest absolute Gasteiger partial charge is 0.328 e. The third kappa shape index (κ3) is 4.19. The number of anilines is 2. The van der Waals surface area contributed by atoms with Gasteiger partial charge in [-0.05, 0) is 29.8 Å². The van der Waals surface area contributed by atoms with E-state index in [9.17, 15) is 8.78 Å². The van der Waals surface area contributed by atoms with Crippen LogP contribution in [0.4, 0.5) is 19.6 Å². The van der Waals surface area contributed by atoms with Crippen molar-refractivity contribution < 1.29 is 8.78 Å². The van der Waals surface area contributed by atoms with E-state index in [4.69, 9.17) is 11.6 Å². The summed E-state index contributed by atoms with van der Waals surface area (Å²) in [5.74, 6) is -0.168. The highest BCUT2D eigenvalue weighted by atomic mass is 35.5. The molecular weight excluding hydrogens is 360 g/mol. The monoisotopic (exact) mass is 369 g/mol. The van der Waals surface area contributed by atoms with Gasteiger partial charge in [0.15, 0.2) is 4.34 Å². The molecule has 3 rings (SSSR count). The smallest absolute Gasteiger partial charge is 0.210 e. The van der Waals surface area contributed by atoms with Gasteiger partial charge >= 0.3 is 0 Å². The normalized spacial score (nSPS) is 10.7. The molecule has 23 heavy (non-hydrogen) atoms. The van der Waals surface area contributed by atoms with Crippen molar-refractivity contribution in [3.8, 4) is 0 Å². The number of hydrogen-bond acceptors (Lipinski definition) is 5. The van der Waals surface area contributed by atoms with E-state index in [1.807, 2.05) is 0 Å². The van der Waals surface area contributed by atoms with Crippen molar-refractivity contribution in [2.45, 2.75) is 10.1 Å². The van der Waals surface area contributed by atoms with Crippen molar-refractivity contribution in [2.75, 3.05) is 5.32 Å². The minimum absolute atomic E-state index is 0.349. The predicted molar refractivity (Wildman–Crippen MR) is 90.6 cm³/mol. The van der Waals surface area contributed by atoms with E-state index in [0.29, 0.717) is 25.9 Å². The maximum absolute atomic E-state index is 13.6. The topological polar surface area (TPSA) is 37.8 Å². The lowest BCUT2D eigenvalue weighted by atomic mass is 10.2. The number of rotatable bonds is 5. The number of benzene rings is 2. The Balaban J connectivity index is 1.64. The molecule has 0 bridgehead atoms. The van der Waals surface area contributed by atoms with Crippen LogP contribution < -0.4 is 5.32 Å².